The molecule has 0 bridgehead atoms. The zero-order chi connectivity index (χ0) is 10.1. The maximum atomic E-state index is 11.3. The zero-order valence-electron chi connectivity index (χ0n) is 8.71. The SMILES string of the molecule is CNS(=O)(=O)c1cc(Cl)ccc1Cl.[H-].[Na+]. The summed E-state index contributed by atoms with van der Waals surface area (Å²) in [7, 11) is -2.21. The minimum atomic E-state index is -3.52. The van der Waals surface area contributed by atoms with Crippen LogP contribution in [0.1, 0.15) is 1.43 Å². The first kappa shape index (κ1) is 14.7. The van der Waals surface area contributed by atoms with Crippen LogP contribution in [-0.4, -0.2) is 15.5 Å². The van der Waals surface area contributed by atoms with Gasteiger partial charge in [-0.05, 0) is 25.2 Å². The van der Waals surface area contributed by atoms with Gasteiger partial charge in [0.2, 0.25) is 10.0 Å². The Labute approximate surface area is 117 Å². The maximum absolute atomic E-state index is 11.3. The van der Waals surface area contributed by atoms with E-state index in [4.69, 9.17) is 23.2 Å². The third kappa shape index (κ3) is 3.38. The predicted molar refractivity (Wildman–Crippen MR) is 53.8 cm³/mol. The Hall–Kier alpha value is 0.710. The van der Waals surface area contributed by atoms with Crippen LogP contribution in [0.15, 0.2) is 23.1 Å². The van der Waals surface area contributed by atoms with E-state index in [1.54, 1.807) is 0 Å². The van der Waals surface area contributed by atoms with Crippen LogP contribution < -0.4 is 34.3 Å². The minimum absolute atomic E-state index is 0. The molecule has 3 nitrogen and oxygen atoms in total. The second-order valence-corrected chi connectivity index (χ2v) is 4.98. The van der Waals surface area contributed by atoms with Gasteiger partial charge in [-0.25, -0.2) is 13.1 Å². The van der Waals surface area contributed by atoms with E-state index in [0.717, 1.165) is 0 Å². The standard InChI is InChI=1S/C7H7Cl2NO2S.Na.H/c1-10-13(11,12)7-4-5(8)2-3-6(7)9;;/h2-4,10H,1H3;;/q;+1;-1. The number of nitrogens with one attached hydrogen (secondary N) is 1. The van der Waals surface area contributed by atoms with Crippen LogP contribution in [0.25, 0.3) is 0 Å². The molecular formula is C7H8Cl2NNaO2S. The Morgan fingerprint density at radius 2 is 1.93 bits per heavy atom. The summed E-state index contributed by atoms with van der Waals surface area (Å²) in [4.78, 5) is -0.0100. The first-order valence-corrected chi connectivity index (χ1v) is 5.60. The van der Waals surface area contributed by atoms with Crippen molar-refractivity contribution in [2.45, 2.75) is 4.90 Å². The quantitative estimate of drug-likeness (QED) is 0.698. The number of rotatable bonds is 2. The van der Waals surface area contributed by atoms with Gasteiger partial charge in [-0.2, -0.15) is 0 Å². The van der Waals surface area contributed by atoms with E-state index >= 15 is 0 Å². The molecule has 0 spiro atoms. The van der Waals surface area contributed by atoms with Gasteiger partial charge in [-0.15, -0.1) is 0 Å². The minimum Gasteiger partial charge on any atom is -1.00 e. The van der Waals surface area contributed by atoms with Gasteiger partial charge in [0.15, 0.2) is 0 Å². The third-order valence-electron chi connectivity index (χ3n) is 1.45. The molecule has 0 heterocycles. The van der Waals surface area contributed by atoms with Crippen molar-refractivity contribution in [2.24, 2.45) is 0 Å². The van der Waals surface area contributed by atoms with Crippen LogP contribution in [0.5, 0.6) is 0 Å². The average Bonchev–Trinajstić information content (AvgIpc) is 2.09. The van der Waals surface area contributed by atoms with E-state index in [-0.39, 0.29) is 40.9 Å². The van der Waals surface area contributed by atoms with E-state index in [1.807, 2.05) is 0 Å². The molecule has 0 atom stereocenters. The van der Waals surface area contributed by atoms with Gasteiger partial charge in [-0.3, -0.25) is 0 Å². The molecule has 1 aromatic rings. The van der Waals surface area contributed by atoms with Crippen molar-refractivity contribution in [3.05, 3.63) is 28.2 Å². The van der Waals surface area contributed by atoms with Gasteiger partial charge >= 0.3 is 29.6 Å². The summed E-state index contributed by atoms with van der Waals surface area (Å²) in [6, 6.07) is 4.27. The summed E-state index contributed by atoms with van der Waals surface area (Å²) in [6.45, 7) is 0. The van der Waals surface area contributed by atoms with Gasteiger partial charge in [0.1, 0.15) is 4.90 Å². The molecule has 1 N–H and O–H groups in total. The van der Waals surface area contributed by atoms with Gasteiger partial charge in [-0.1, -0.05) is 23.2 Å². The van der Waals surface area contributed by atoms with Gasteiger partial charge in [0.05, 0.1) is 5.02 Å². The molecular weight excluding hydrogens is 256 g/mol. The Balaban J connectivity index is 0. The first-order chi connectivity index (χ1) is 5.97. The van der Waals surface area contributed by atoms with E-state index in [2.05, 4.69) is 4.72 Å². The third-order valence-corrected chi connectivity index (χ3v) is 3.58. The van der Waals surface area contributed by atoms with Crippen molar-refractivity contribution in [3.8, 4) is 0 Å². The van der Waals surface area contributed by atoms with Crippen LogP contribution in [0.4, 0.5) is 0 Å². The first-order valence-electron chi connectivity index (χ1n) is 3.36. The van der Waals surface area contributed by atoms with Crippen LogP contribution in [0.2, 0.25) is 10.0 Å². The Morgan fingerprint density at radius 1 is 1.36 bits per heavy atom. The molecule has 74 valence electrons. The molecule has 0 aliphatic rings. The number of hydrogen-bond donors (Lipinski definition) is 1. The van der Waals surface area contributed by atoms with Crippen LogP contribution >= 0.6 is 23.2 Å². The maximum Gasteiger partial charge on any atom is 1.00 e. The molecule has 0 fully saturated rings. The molecule has 1 rings (SSSR count). The van der Waals surface area contributed by atoms with E-state index < -0.39 is 10.0 Å². The summed E-state index contributed by atoms with van der Waals surface area (Å²) in [5.74, 6) is 0. The molecule has 0 unspecified atom stereocenters. The summed E-state index contributed by atoms with van der Waals surface area (Å²) in [6.07, 6.45) is 0. The van der Waals surface area contributed by atoms with E-state index in [1.165, 1.54) is 25.2 Å². The fourth-order valence-electron chi connectivity index (χ4n) is 0.793. The van der Waals surface area contributed by atoms with Crippen molar-refractivity contribution in [3.63, 3.8) is 0 Å². The molecule has 0 amide bonds. The van der Waals surface area contributed by atoms with Crippen molar-refractivity contribution >= 4 is 33.2 Å². The Bertz CT molecular complexity index is 427. The predicted octanol–water partition coefficient (Wildman–Crippen LogP) is -0.982. The van der Waals surface area contributed by atoms with E-state index in [0.29, 0.717) is 5.02 Å². The van der Waals surface area contributed by atoms with Gasteiger partial charge < -0.3 is 1.43 Å². The van der Waals surface area contributed by atoms with Crippen LogP contribution in [-0.2, 0) is 10.0 Å². The van der Waals surface area contributed by atoms with Crippen molar-refractivity contribution in [1.82, 2.24) is 4.72 Å². The molecule has 14 heavy (non-hydrogen) atoms. The monoisotopic (exact) mass is 263 g/mol. The average molecular weight is 264 g/mol. The molecule has 0 saturated heterocycles. The molecule has 7 heteroatoms. The topological polar surface area (TPSA) is 46.2 Å². The van der Waals surface area contributed by atoms with Crippen LogP contribution in [0, 0.1) is 0 Å². The number of benzene rings is 1. The summed E-state index contributed by atoms with van der Waals surface area (Å²) in [5.41, 5.74) is 0. The smallest absolute Gasteiger partial charge is 1.00 e. The fraction of sp³-hybridized carbons (Fsp3) is 0.143. The molecule has 0 radical (unpaired) electrons. The summed E-state index contributed by atoms with van der Waals surface area (Å²) in [5, 5.41) is 0.483. The summed E-state index contributed by atoms with van der Waals surface area (Å²) < 4.78 is 24.8. The van der Waals surface area contributed by atoms with E-state index in [9.17, 15) is 8.42 Å². The normalized spacial score (nSPS) is 10.8. The second kappa shape index (κ2) is 5.70. The Kier molecular flexibility index (Phi) is 5.99. The van der Waals surface area contributed by atoms with Crippen LogP contribution in [0.3, 0.4) is 0 Å². The summed E-state index contributed by atoms with van der Waals surface area (Å²) >= 11 is 11.3. The molecule has 0 aromatic heterocycles. The van der Waals surface area contributed by atoms with Crippen molar-refractivity contribution in [2.75, 3.05) is 7.05 Å². The Morgan fingerprint density at radius 3 is 2.43 bits per heavy atom. The molecule has 1 aromatic carbocycles. The van der Waals surface area contributed by atoms with Gasteiger partial charge in [0, 0.05) is 5.02 Å². The van der Waals surface area contributed by atoms with Crippen molar-refractivity contribution < 1.29 is 39.4 Å². The molecule has 0 aliphatic carbocycles. The molecule has 0 aliphatic heterocycles. The number of halogens is 2. The number of sulfonamides is 1. The zero-order valence-corrected chi connectivity index (χ0v) is 12.0. The largest absolute Gasteiger partial charge is 1.00 e. The molecule has 0 saturated carbocycles. The fourth-order valence-corrected chi connectivity index (χ4v) is 2.28. The van der Waals surface area contributed by atoms with Crippen molar-refractivity contribution in [1.29, 1.82) is 0 Å². The second-order valence-electron chi connectivity index (χ2n) is 2.28. The number of hydrogen-bond acceptors (Lipinski definition) is 2. The van der Waals surface area contributed by atoms with Gasteiger partial charge in [0.25, 0.3) is 0 Å².